The zero-order chi connectivity index (χ0) is 12.5. The Bertz CT molecular complexity index is 446. The minimum Gasteiger partial charge on any atom is -0.299 e. The van der Waals surface area contributed by atoms with E-state index in [1.807, 2.05) is 0 Å². The van der Waals surface area contributed by atoms with Crippen LogP contribution in [0.25, 0.3) is 0 Å². The number of hydrogen-bond donors (Lipinski definition) is 0. The van der Waals surface area contributed by atoms with E-state index in [1.54, 1.807) is 0 Å². The molecule has 0 spiro atoms. The Morgan fingerprint density at radius 3 is 2.71 bits per heavy atom. The van der Waals surface area contributed by atoms with Gasteiger partial charge in [-0.3, -0.25) is 9.59 Å². The average Bonchev–Trinajstić information content (AvgIpc) is 2.80. The Balaban J connectivity index is 2.32. The fraction of sp³-hybridized carbons (Fsp3) is 0.733. The van der Waals surface area contributed by atoms with Gasteiger partial charge in [-0.1, -0.05) is 26.8 Å². The van der Waals surface area contributed by atoms with Gasteiger partial charge in [-0.15, -0.1) is 0 Å². The van der Waals surface area contributed by atoms with Crippen molar-refractivity contribution in [3.8, 4) is 0 Å². The van der Waals surface area contributed by atoms with Crippen LogP contribution in [0.1, 0.15) is 46.5 Å². The summed E-state index contributed by atoms with van der Waals surface area (Å²) in [5.74, 6) is 0.655. The first-order chi connectivity index (χ1) is 7.92. The Morgan fingerprint density at radius 1 is 1.35 bits per heavy atom. The van der Waals surface area contributed by atoms with Crippen LogP contribution >= 0.6 is 0 Å². The molecule has 0 aromatic rings. The van der Waals surface area contributed by atoms with E-state index in [9.17, 15) is 9.59 Å². The number of allylic oxidation sites excluding steroid dienone is 2. The lowest BCUT2D eigenvalue weighted by Crippen LogP contribution is -2.45. The molecule has 0 aliphatic heterocycles. The van der Waals surface area contributed by atoms with E-state index in [-0.39, 0.29) is 10.8 Å². The molecule has 3 aliphatic carbocycles. The largest absolute Gasteiger partial charge is 0.299 e. The van der Waals surface area contributed by atoms with Crippen molar-refractivity contribution in [1.82, 2.24) is 0 Å². The second kappa shape index (κ2) is 2.90. The maximum atomic E-state index is 12.5. The fourth-order valence-electron chi connectivity index (χ4n) is 5.38. The van der Waals surface area contributed by atoms with Crippen LogP contribution in [0, 0.1) is 22.2 Å². The molecule has 0 heterocycles. The number of Topliss-reactive ketones (excluding diaryl/α,β-unsaturated/α-hetero) is 1. The Morgan fingerprint density at radius 2 is 2.06 bits per heavy atom. The second-order valence-electron chi connectivity index (χ2n) is 6.69. The van der Waals surface area contributed by atoms with Gasteiger partial charge in [0.1, 0.15) is 12.1 Å². The van der Waals surface area contributed by atoms with Crippen molar-refractivity contribution in [1.29, 1.82) is 0 Å². The molecule has 0 bridgehead atoms. The van der Waals surface area contributed by atoms with Gasteiger partial charge in [0, 0.05) is 12.0 Å². The molecule has 0 N–H and O–H groups in total. The van der Waals surface area contributed by atoms with Gasteiger partial charge >= 0.3 is 0 Å². The van der Waals surface area contributed by atoms with Crippen molar-refractivity contribution in [3.63, 3.8) is 0 Å². The predicted octanol–water partition coefficient (Wildman–Crippen LogP) is 2.92. The zero-order valence-corrected chi connectivity index (χ0v) is 10.9. The molecule has 0 amide bonds. The minimum atomic E-state index is -0.432. The van der Waals surface area contributed by atoms with Gasteiger partial charge in [0.05, 0.1) is 5.41 Å². The van der Waals surface area contributed by atoms with Crippen molar-refractivity contribution in [3.05, 3.63) is 11.6 Å². The second-order valence-corrected chi connectivity index (χ2v) is 6.69. The highest BCUT2D eigenvalue weighted by molar-refractivity contribution is 6.00. The number of rotatable bonds is 1. The van der Waals surface area contributed by atoms with Crippen LogP contribution in [0.15, 0.2) is 11.6 Å². The molecule has 3 unspecified atom stereocenters. The Hall–Kier alpha value is -0.920. The van der Waals surface area contributed by atoms with Crippen molar-refractivity contribution in [2.24, 2.45) is 22.2 Å². The van der Waals surface area contributed by atoms with Gasteiger partial charge in [-0.25, -0.2) is 0 Å². The SMILES string of the molecule is CC1CCC23CCC(=O)C12C(C=O)=CC3(C)C. The molecule has 92 valence electrons. The van der Waals surface area contributed by atoms with Crippen molar-refractivity contribution < 1.29 is 9.59 Å². The van der Waals surface area contributed by atoms with Crippen molar-refractivity contribution >= 4 is 12.1 Å². The lowest BCUT2D eigenvalue weighted by atomic mass is 9.57. The van der Waals surface area contributed by atoms with E-state index in [4.69, 9.17) is 0 Å². The van der Waals surface area contributed by atoms with Crippen LogP contribution in [0.5, 0.6) is 0 Å². The number of aldehydes is 1. The van der Waals surface area contributed by atoms with Crippen LogP contribution in [0.4, 0.5) is 0 Å². The van der Waals surface area contributed by atoms with E-state index in [0.29, 0.717) is 18.1 Å². The average molecular weight is 232 g/mol. The maximum Gasteiger partial charge on any atom is 0.146 e. The van der Waals surface area contributed by atoms with E-state index in [1.165, 1.54) is 0 Å². The Labute approximate surface area is 102 Å². The molecule has 17 heavy (non-hydrogen) atoms. The highest BCUT2D eigenvalue weighted by Crippen LogP contribution is 2.76. The van der Waals surface area contributed by atoms with Gasteiger partial charge in [0.15, 0.2) is 0 Å². The molecular weight excluding hydrogens is 212 g/mol. The highest BCUT2D eigenvalue weighted by atomic mass is 16.1. The minimum absolute atomic E-state index is 0.0137. The number of carbonyl (C=O) groups excluding carboxylic acids is 2. The van der Waals surface area contributed by atoms with Crippen LogP contribution < -0.4 is 0 Å². The zero-order valence-electron chi connectivity index (χ0n) is 10.9. The van der Waals surface area contributed by atoms with Crippen LogP contribution in [0.3, 0.4) is 0 Å². The molecule has 3 aliphatic rings. The molecule has 2 saturated carbocycles. The number of hydrogen-bond acceptors (Lipinski definition) is 2. The maximum absolute atomic E-state index is 12.5. The predicted molar refractivity (Wildman–Crippen MR) is 65.4 cm³/mol. The van der Waals surface area contributed by atoms with Gasteiger partial charge in [0.25, 0.3) is 0 Å². The summed E-state index contributed by atoms with van der Waals surface area (Å²) in [4.78, 5) is 24.0. The molecular formula is C15H20O2. The summed E-state index contributed by atoms with van der Waals surface area (Å²) in [5.41, 5.74) is 0.375. The number of ketones is 1. The third-order valence-electron chi connectivity index (χ3n) is 6.05. The summed E-state index contributed by atoms with van der Waals surface area (Å²) >= 11 is 0. The van der Waals surface area contributed by atoms with Gasteiger partial charge in [0.2, 0.25) is 0 Å². The molecule has 3 atom stereocenters. The first kappa shape index (κ1) is 11.2. The summed E-state index contributed by atoms with van der Waals surface area (Å²) in [7, 11) is 0. The topological polar surface area (TPSA) is 34.1 Å². The molecule has 0 aromatic heterocycles. The first-order valence-electron chi connectivity index (χ1n) is 6.64. The summed E-state index contributed by atoms with van der Waals surface area (Å²) in [5, 5.41) is 0. The summed E-state index contributed by atoms with van der Waals surface area (Å²) in [6, 6.07) is 0. The quantitative estimate of drug-likeness (QED) is 0.651. The molecule has 0 saturated heterocycles. The van der Waals surface area contributed by atoms with Gasteiger partial charge in [-0.2, -0.15) is 0 Å². The summed E-state index contributed by atoms with van der Waals surface area (Å²) in [6.07, 6.45) is 6.86. The molecule has 2 fully saturated rings. The van der Waals surface area contributed by atoms with E-state index in [0.717, 1.165) is 31.1 Å². The third kappa shape index (κ3) is 0.882. The lowest BCUT2D eigenvalue weighted by Gasteiger charge is -2.44. The molecule has 0 radical (unpaired) electrons. The van der Waals surface area contributed by atoms with Crippen LogP contribution in [-0.2, 0) is 9.59 Å². The summed E-state index contributed by atoms with van der Waals surface area (Å²) < 4.78 is 0. The van der Waals surface area contributed by atoms with Gasteiger partial charge in [-0.05, 0) is 36.0 Å². The van der Waals surface area contributed by atoms with E-state index < -0.39 is 5.41 Å². The van der Waals surface area contributed by atoms with Crippen molar-refractivity contribution in [2.45, 2.75) is 46.5 Å². The highest BCUT2D eigenvalue weighted by Gasteiger charge is 2.74. The third-order valence-corrected chi connectivity index (χ3v) is 6.05. The normalized spacial score (nSPS) is 46.6. The Kier molecular flexibility index (Phi) is 1.91. The molecule has 3 rings (SSSR count). The van der Waals surface area contributed by atoms with Gasteiger partial charge < -0.3 is 0 Å². The monoisotopic (exact) mass is 232 g/mol. The van der Waals surface area contributed by atoms with E-state index in [2.05, 4.69) is 26.8 Å². The smallest absolute Gasteiger partial charge is 0.146 e. The number of carbonyl (C=O) groups is 2. The summed E-state index contributed by atoms with van der Waals surface area (Å²) in [6.45, 7) is 6.56. The van der Waals surface area contributed by atoms with E-state index >= 15 is 0 Å². The molecule has 0 aromatic carbocycles. The van der Waals surface area contributed by atoms with Crippen LogP contribution in [0.2, 0.25) is 0 Å². The van der Waals surface area contributed by atoms with Crippen LogP contribution in [-0.4, -0.2) is 12.1 Å². The molecule has 2 nitrogen and oxygen atoms in total. The first-order valence-corrected chi connectivity index (χ1v) is 6.64. The molecule has 2 heteroatoms. The lowest BCUT2D eigenvalue weighted by molar-refractivity contribution is -0.130. The fourth-order valence-corrected chi connectivity index (χ4v) is 5.38. The standard InChI is InChI=1S/C15H20O2/c1-10-4-6-14-7-5-12(17)15(10,14)11(9-16)8-13(14,2)3/h8-10H,4-7H2,1-3H3. The van der Waals surface area contributed by atoms with Crippen molar-refractivity contribution in [2.75, 3.05) is 0 Å².